The highest BCUT2D eigenvalue weighted by Gasteiger charge is 2.31. The van der Waals surface area contributed by atoms with Gasteiger partial charge in [-0.15, -0.1) is 0 Å². The summed E-state index contributed by atoms with van der Waals surface area (Å²) in [5, 5.41) is 2.67. The van der Waals surface area contributed by atoms with E-state index in [2.05, 4.69) is 15.0 Å². The third-order valence-electron chi connectivity index (χ3n) is 4.07. The molecule has 0 saturated carbocycles. The zero-order valence-corrected chi connectivity index (χ0v) is 15.1. The molecule has 26 heavy (non-hydrogen) atoms. The maximum Gasteiger partial charge on any atom is 0.263 e. The van der Waals surface area contributed by atoms with E-state index in [0.29, 0.717) is 16.7 Å². The average Bonchev–Trinajstić information content (AvgIpc) is 2.86. The van der Waals surface area contributed by atoms with Gasteiger partial charge < -0.3 is 5.32 Å². The van der Waals surface area contributed by atoms with Crippen LogP contribution in [0, 0.1) is 12.7 Å². The molecule has 6 nitrogen and oxygen atoms in total. The lowest BCUT2D eigenvalue weighted by Crippen LogP contribution is -2.33. The summed E-state index contributed by atoms with van der Waals surface area (Å²) < 4.78 is 40.0. The number of nitrogens with one attached hydrogen (secondary N) is 2. The highest BCUT2D eigenvalue weighted by atomic mass is 32.2. The fourth-order valence-electron chi connectivity index (χ4n) is 2.57. The first kappa shape index (κ1) is 18.1. The van der Waals surface area contributed by atoms with Gasteiger partial charge in [0.05, 0.1) is 4.90 Å². The van der Waals surface area contributed by atoms with Crippen molar-refractivity contribution in [1.29, 1.82) is 0 Å². The molecule has 1 atom stereocenters. The predicted molar refractivity (Wildman–Crippen MR) is 95.7 cm³/mol. The minimum Gasteiger partial charge on any atom is -0.350 e. The molecule has 136 valence electrons. The van der Waals surface area contributed by atoms with Crippen LogP contribution in [0.5, 0.6) is 0 Å². The van der Waals surface area contributed by atoms with Crippen molar-refractivity contribution in [2.45, 2.75) is 31.3 Å². The van der Waals surface area contributed by atoms with E-state index in [4.69, 9.17) is 0 Å². The van der Waals surface area contributed by atoms with Gasteiger partial charge in [0.25, 0.3) is 10.0 Å². The van der Waals surface area contributed by atoms with Crippen LogP contribution in [0.3, 0.4) is 0 Å². The van der Waals surface area contributed by atoms with Gasteiger partial charge in [0.15, 0.2) is 0 Å². The molecule has 1 heterocycles. The molecule has 0 saturated heterocycles. The van der Waals surface area contributed by atoms with E-state index in [1.54, 1.807) is 44.2 Å². The summed E-state index contributed by atoms with van der Waals surface area (Å²) in [7, 11) is -3.64. The molecule has 1 aliphatic heterocycles. The SMILES string of the molecule is Cc1ccc(CNC(=O)C(C)N=C2NS(=O)(=O)c3ccccc32)cc1F. The number of carbonyl (C=O) groups excluding carboxylic acids is 1. The molecule has 3 rings (SSSR count). The van der Waals surface area contributed by atoms with Crippen molar-refractivity contribution >= 4 is 21.8 Å². The largest absolute Gasteiger partial charge is 0.350 e. The van der Waals surface area contributed by atoms with Crippen LogP contribution in [0.15, 0.2) is 52.4 Å². The lowest BCUT2D eigenvalue weighted by atomic mass is 10.1. The Kier molecular flexibility index (Phi) is 4.78. The lowest BCUT2D eigenvalue weighted by Gasteiger charge is -2.10. The average molecular weight is 375 g/mol. The Morgan fingerprint density at radius 2 is 2.00 bits per heavy atom. The predicted octanol–water partition coefficient (Wildman–Crippen LogP) is 1.88. The molecule has 8 heteroatoms. The molecule has 2 N–H and O–H groups in total. The highest BCUT2D eigenvalue weighted by Crippen LogP contribution is 2.22. The fourth-order valence-corrected chi connectivity index (χ4v) is 3.80. The second kappa shape index (κ2) is 6.87. The van der Waals surface area contributed by atoms with Crippen LogP contribution < -0.4 is 10.0 Å². The maximum atomic E-state index is 13.5. The molecular formula is C18H18FN3O3S. The molecule has 1 amide bonds. The number of benzene rings is 2. The molecule has 0 spiro atoms. The molecule has 0 fully saturated rings. The number of amidine groups is 1. The number of nitrogens with zero attached hydrogens (tertiary/aromatic N) is 1. The standard InChI is InChI=1S/C18H18FN3O3S/c1-11-7-8-13(9-15(11)19)10-20-18(23)12(2)21-17-14-5-3-4-6-16(14)26(24,25)22-17/h3-9,12H,10H2,1-2H3,(H,20,23)(H,21,22). The Bertz CT molecular complexity index is 1000. The number of fused-ring (bicyclic) bond motifs is 1. The van der Waals surface area contributed by atoms with Gasteiger partial charge in [-0.25, -0.2) is 12.8 Å². The number of hydrogen-bond donors (Lipinski definition) is 2. The lowest BCUT2D eigenvalue weighted by molar-refractivity contribution is -0.122. The van der Waals surface area contributed by atoms with Gasteiger partial charge in [-0.1, -0.05) is 24.3 Å². The van der Waals surface area contributed by atoms with Crippen molar-refractivity contribution in [3.05, 3.63) is 65.0 Å². The van der Waals surface area contributed by atoms with Crippen molar-refractivity contribution in [2.24, 2.45) is 4.99 Å². The van der Waals surface area contributed by atoms with Crippen molar-refractivity contribution in [2.75, 3.05) is 0 Å². The summed E-state index contributed by atoms with van der Waals surface area (Å²) in [6, 6.07) is 10.4. The van der Waals surface area contributed by atoms with Gasteiger partial charge >= 0.3 is 0 Å². The summed E-state index contributed by atoms with van der Waals surface area (Å²) >= 11 is 0. The number of aliphatic imine (C=N–C) groups is 1. The first-order chi connectivity index (χ1) is 12.3. The first-order valence-corrected chi connectivity index (χ1v) is 9.49. The molecule has 0 bridgehead atoms. The zero-order chi connectivity index (χ0) is 18.9. The Labute approximate surface area is 151 Å². The van der Waals surface area contributed by atoms with E-state index in [-0.39, 0.29) is 29.0 Å². The van der Waals surface area contributed by atoms with Crippen LogP contribution in [0.4, 0.5) is 4.39 Å². The van der Waals surface area contributed by atoms with E-state index in [0.717, 1.165) is 0 Å². The van der Waals surface area contributed by atoms with E-state index in [1.807, 2.05) is 0 Å². The van der Waals surface area contributed by atoms with E-state index in [9.17, 15) is 17.6 Å². The van der Waals surface area contributed by atoms with Crippen molar-refractivity contribution in [1.82, 2.24) is 10.0 Å². The molecule has 1 aliphatic rings. The molecule has 2 aromatic rings. The molecule has 1 unspecified atom stereocenters. The summed E-state index contributed by atoms with van der Waals surface area (Å²) in [6.45, 7) is 3.39. The molecule has 0 aromatic heterocycles. The van der Waals surface area contributed by atoms with Crippen molar-refractivity contribution in [3.8, 4) is 0 Å². The monoisotopic (exact) mass is 375 g/mol. The Morgan fingerprint density at radius 3 is 2.73 bits per heavy atom. The Morgan fingerprint density at radius 1 is 1.27 bits per heavy atom. The number of aryl methyl sites for hydroxylation is 1. The second-order valence-corrected chi connectivity index (χ2v) is 7.71. The van der Waals surface area contributed by atoms with E-state index < -0.39 is 16.1 Å². The van der Waals surface area contributed by atoms with Crippen LogP contribution in [-0.2, 0) is 21.4 Å². The van der Waals surface area contributed by atoms with Gasteiger partial charge in [0.2, 0.25) is 5.91 Å². The van der Waals surface area contributed by atoms with Gasteiger partial charge in [0, 0.05) is 12.1 Å². The third-order valence-corrected chi connectivity index (χ3v) is 5.47. The van der Waals surface area contributed by atoms with Gasteiger partial charge in [0.1, 0.15) is 17.7 Å². The number of carbonyl (C=O) groups is 1. The first-order valence-electron chi connectivity index (χ1n) is 8.01. The summed E-state index contributed by atoms with van der Waals surface area (Å²) in [4.78, 5) is 16.6. The van der Waals surface area contributed by atoms with Crippen LogP contribution in [0.2, 0.25) is 0 Å². The molecule has 2 aromatic carbocycles. The van der Waals surface area contributed by atoms with Crippen molar-refractivity contribution in [3.63, 3.8) is 0 Å². The normalized spacial score (nSPS) is 17.4. The summed E-state index contributed by atoms with van der Waals surface area (Å²) in [5.41, 5.74) is 1.60. The number of amides is 1. The summed E-state index contributed by atoms with van der Waals surface area (Å²) in [6.07, 6.45) is 0. The topological polar surface area (TPSA) is 87.6 Å². The van der Waals surface area contributed by atoms with E-state index in [1.165, 1.54) is 12.1 Å². The van der Waals surface area contributed by atoms with Gasteiger partial charge in [-0.05, 0) is 43.2 Å². The molecule has 0 radical (unpaired) electrons. The zero-order valence-electron chi connectivity index (χ0n) is 14.3. The van der Waals surface area contributed by atoms with Gasteiger partial charge in [-0.2, -0.15) is 0 Å². The fraction of sp³-hybridized carbons (Fsp3) is 0.222. The third kappa shape index (κ3) is 3.60. The molecule has 0 aliphatic carbocycles. The Hall–Kier alpha value is -2.74. The maximum absolute atomic E-state index is 13.5. The number of sulfonamides is 1. The van der Waals surface area contributed by atoms with Gasteiger partial charge in [-0.3, -0.25) is 14.5 Å². The Balaban J connectivity index is 1.71. The second-order valence-electron chi connectivity index (χ2n) is 6.06. The minimum absolute atomic E-state index is 0.140. The van der Waals surface area contributed by atoms with Crippen molar-refractivity contribution < 1.29 is 17.6 Å². The van der Waals surface area contributed by atoms with Crippen LogP contribution >= 0.6 is 0 Å². The highest BCUT2D eigenvalue weighted by molar-refractivity contribution is 7.90. The number of rotatable bonds is 4. The van der Waals surface area contributed by atoms with Crippen LogP contribution in [0.1, 0.15) is 23.6 Å². The number of halogens is 1. The van der Waals surface area contributed by atoms with Crippen LogP contribution in [-0.4, -0.2) is 26.2 Å². The quantitative estimate of drug-likeness (QED) is 0.855. The minimum atomic E-state index is -3.64. The van der Waals surface area contributed by atoms with E-state index >= 15 is 0 Å². The number of hydrogen-bond acceptors (Lipinski definition) is 4. The molecular weight excluding hydrogens is 357 g/mol. The van der Waals surface area contributed by atoms with Crippen LogP contribution in [0.25, 0.3) is 0 Å². The summed E-state index contributed by atoms with van der Waals surface area (Å²) in [5.74, 6) is -0.575. The smallest absolute Gasteiger partial charge is 0.263 e.